The van der Waals surface area contributed by atoms with Crippen LogP contribution in [-0.2, 0) is 21.0 Å². The second-order valence-electron chi connectivity index (χ2n) is 16.9. The van der Waals surface area contributed by atoms with Crippen LogP contribution in [0.2, 0.25) is 0 Å². The zero-order chi connectivity index (χ0) is 44.5. The standard InChI is InChI=1S/C49H59N3O11/c1-4-22-51(48(56)33-14-15-33)45-29-42(50-61-31-32-12-16-36(17-13-32)52(57)58)40-27-34(10-6-8-23-53)39(11-7-9-24-54)46-41-28-38(62-37-18-20-43(59-3)35(26-37)30-55)19-21-44(41)63-49(45,47(40)46)60-25-5-2/h5,12-13,16-21,26-28,30,33-34,39,45-47,53-54H,2,4,6-11,14-15,22-25,29,31H2,1,3H3. The van der Waals surface area contributed by atoms with E-state index in [0.29, 0.717) is 65.6 Å². The summed E-state index contributed by atoms with van der Waals surface area (Å²) in [7, 11) is 1.51. The Hall–Kier alpha value is -5.57. The van der Waals surface area contributed by atoms with Crippen molar-refractivity contribution >= 4 is 23.6 Å². The maximum absolute atomic E-state index is 14.5. The summed E-state index contributed by atoms with van der Waals surface area (Å²) in [6.07, 6.45) is 11.7. The van der Waals surface area contributed by atoms with E-state index in [1.54, 1.807) is 36.4 Å². The molecule has 0 spiro atoms. The molecule has 63 heavy (non-hydrogen) atoms. The summed E-state index contributed by atoms with van der Waals surface area (Å²) in [6.45, 7) is 6.90. The molecule has 2 fully saturated rings. The Morgan fingerprint density at radius 3 is 2.43 bits per heavy atom. The van der Waals surface area contributed by atoms with Gasteiger partial charge in [0.2, 0.25) is 11.7 Å². The van der Waals surface area contributed by atoms with Gasteiger partial charge in [0.25, 0.3) is 5.69 Å². The quantitative estimate of drug-likeness (QED) is 0.0306. The molecule has 3 aromatic carbocycles. The van der Waals surface area contributed by atoms with Gasteiger partial charge in [0, 0.05) is 55.7 Å². The van der Waals surface area contributed by atoms with E-state index in [1.165, 1.54) is 19.2 Å². The van der Waals surface area contributed by atoms with Gasteiger partial charge in [-0.2, -0.15) is 0 Å². The summed E-state index contributed by atoms with van der Waals surface area (Å²) in [5, 5.41) is 36.1. The number of nitro benzene ring substituents is 1. The van der Waals surface area contributed by atoms with Crippen molar-refractivity contribution in [3.63, 3.8) is 0 Å². The third-order valence-corrected chi connectivity index (χ3v) is 12.8. The van der Waals surface area contributed by atoms with E-state index in [0.717, 1.165) is 55.9 Å². The van der Waals surface area contributed by atoms with Gasteiger partial charge < -0.3 is 38.9 Å². The first-order chi connectivity index (χ1) is 30.7. The summed E-state index contributed by atoms with van der Waals surface area (Å²) in [6, 6.07) is 16.4. The minimum Gasteiger partial charge on any atom is -0.496 e. The molecule has 6 atom stereocenters. The number of carbonyl (C=O) groups excluding carboxylic acids is 2. The number of aliphatic hydroxyl groups is 2. The van der Waals surface area contributed by atoms with Gasteiger partial charge in [-0.15, -0.1) is 6.58 Å². The number of hydrogen-bond acceptors (Lipinski definition) is 12. The Balaban J connectivity index is 1.41. The summed E-state index contributed by atoms with van der Waals surface area (Å²) < 4.78 is 26.2. The predicted octanol–water partition coefficient (Wildman–Crippen LogP) is 8.69. The Labute approximate surface area is 368 Å². The van der Waals surface area contributed by atoms with Gasteiger partial charge in [0.05, 0.1) is 35.8 Å². The fraction of sp³-hybridized carbons (Fsp3) is 0.490. The number of oxime groups is 1. The fourth-order valence-corrected chi connectivity index (χ4v) is 9.84. The van der Waals surface area contributed by atoms with E-state index in [-0.39, 0.29) is 68.1 Å². The molecule has 336 valence electrons. The minimum atomic E-state index is -1.38. The molecule has 1 aliphatic heterocycles. The largest absolute Gasteiger partial charge is 0.496 e. The van der Waals surface area contributed by atoms with Crippen LogP contribution in [-0.4, -0.2) is 83.2 Å². The molecule has 0 aromatic heterocycles. The second kappa shape index (κ2) is 20.7. The van der Waals surface area contributed by atoms with Crippen molar-refractivity contribution in [2.45, 2.75) is 95.5 Å². The topological polar surface area (TPSA) is 179 Å². The maximum atomic E-state index is 14.5. The van der Waals surface area contributed by atoms with Crippen LogP contribution in [0.25, 0.3) is 0 Å². The van der Waals surface area contributed by atoms with Gasteiger partial charge in [0.15, 0.2) is 6.29 Å². The van der Waals surface area contributed by atoms with Crippen molar-refractivity contribution in [3.8, 4) is 23.0 Å². The van der Waals surface area contributed by atoms with Crippen LogP contribution in [0.15, 0.2) is 90.1 Å². The molecule has 2 saturated carbocycles. The molecule has 0 bridgehead atoms. The summed E-state index contributed by atoms with van der Waals surface area (Å²) in [5.41, 5.74) is 3.50. The first-order valence-corrected chi connectivity index (χ1v) is 22.2. The Morgan fingerprint density at radius 1 is 1.03 bits per heavy atom. The van der Waals surface area contributed by atoms with Crippen LogP contribution < -0.4 is 14.2 Å². The van der Waals surface area contributed by atoms with Gasteiger partial charge in [-0.05, 0) is 116 Å². The molecule has 14 nitrogen and oxygen atoms in total. The first-order valence-electron chi connectivity index (χ1n) is 22.2. The van der Waals surface area contributed by atoms with E-state index < -0.39 is 22.7 Å². The van der Waals surface area contributed by atoms with Gasteiger partial charge >= 0.3 is 0 Å². The van der Waals surface area contributed by atoms with Gasteiger partial charge in [0.1, 0.15) is 35.6 Å². The number of unbranched alkanes of at least 4 members (excludes halogenated alkanes) is 2. The van der Waals surface area contributed by atoms with Crippen molar-refractivity contribution in [2.75, 3.05) is 33.5 Å². The normalized spacial score (nSPS) is 24.0. The molecular formula is C49H59N3O11. The second-order valence-corrected chi connectivity index (χ2v) is 16.9. The number of rotatable bonds is 23. The number of non-ortho nitro benzene ring substituents is 1. The third-order valence-electron chi connectivity index (χ3n) is 12.8. The fourth-order valence-electron chi connectivity index (χ4n) is 9.84. The first kappa shape index (κ1) is 45.5. The molecule has 2 N–H and O–H groups in total. The highest BCUT2D eigenvalue weighted by atomic mass is 16.7. The summed E-state index contributed by atoms with van der Waals surface area (Å²) in [4.78, 5) is 45.4. The van der Waals surface area contributed by atoms with E-state index >= 15 is 0 Å². The number of allylic oxidation sites excluding steroid dienone is 1. The van der Waals surface area contributed by atoms with Crippen LogP contribution in [0.3, 0.4) is 0 Å². The third kappa shape index (κ3) is 9.83. The lowest BCUT2D eigenvalue weighted by Crippen LogP contribution is -2.70. The Kier molecular flexibility index (Phi) is 15.0. The van der Waals surface area contributed by atoms with Crippen molar-refractivity contribution in [3.05, 3.63) is 112 Å². The van der Waals surface area contributed by atoms with Gasteiger partial charge in [-0.1, -0.05) is 37.1 Å². The molecule has 1 amide bonds. The Morgan fingerprint density at radius 2 is 1.76 bits per heavy atom. The molecule has 14 heteroatoms. The SMILES string of the molecule is C=CCOC12Oc3ccc(Oc4ccc(OC)c(C=O)c4)cc3C3C(CCCCO)C(CCCCO)C=C(C(=NOCc4ccc([N+](=O)[O-])cc4)CC1N(CCC)C(=O)C1CC1)C32. The number of nitro groups is 1. The number of aldehydes is 1. The van der Waals surface area contributed by atoms with E-state index in [1.807, 2.05) is 23.1 Å². The average molecular weight is 866 g/mol. The van der Waals surface area contributed by atoms with Crippen LogP contribution in [0.5, 0.6) is 23.0 Å². The zero-order valence-electron chi connectivity index (χ0n) is 36.2. The molecule has 4 aliphatic rings. The predicted molar refractivity (Wildman–Crippen MR) is 236 cm³/mol. The lowest BCUT2D eigenvalue weighted by atomic mass is 9.55. The molecule has 0 radical (unpaired) electrons. The van der Waals surface area contributed by atoms with E-state index in [4.69, 9.17) is 28.9 Å². The summed E-state index contributed by atoms with van der Waals surface area (Å²) >= 11 is 0. The number of nitrogens with zero attached hydrogens (tertiary/aromatic N) is 3. The number of ether oxygens (including phenoxy) is 4. The van der Waals surface area contributed by atoms with E-state index in [9.17, 15) is 29.9 Å². The van der Waals surface area contributed by atoms with Crippen LogP contribution >= 0.6 is 0 Å². The number of fused-ring (bicyclic) bond motifs is 2. The van der Waals surface area contributed by atoms with Crippen molar-refractivity contribution in [2.24, 2.45) is 28.8 Å². The van der Waals surface area contributed by atoms with Crippen molar-refractivity contribution in [1.82, 2.24) is 4.90 Å². The highest BCUT2D eigenvalue weighted by molar-refractivity contribution is 6.03. The lowest BCUT2D eigenvalue weighted by Gasteiger charge is -2.60. The lowest BCUT2D eigenvalue weighted by molar-refractivity contribution is -0.384. The van der Waals surface area contributed by atoms with Gasteiger partial charge in [-0.3, -0.25) is 19.7 Å². The highest BCUT2D eigenvalue weighted by Crippen LogP contribution is 2.62. The van der Waals surface area contributed by atoms with E-state index in [2.05, 4.69) is 19.6 Å². The molecule has 0 saturated heterocycles. The van der Waals surface area contributed by atoms with Crippen LogP contribution in [0.4, 0.5) is 5.69 Å². The number of aliphatic hydroxyl groups excluding tert-OH is 2. The van der Waals surface area contributed by atoms with Crippen molar-refractivity contribution < 1.29 is 48.5 Å². The minimum absolute atomic E-state index is 0.0102. The van der Waals surface area contributed by atoms with Gasteiger partial charge in [-0.25, -0.2) is 0 Å². The maximum Gasteiger partial charge on any atom is 0.269 e. The molecule has 3 aliphatic carbocycles. The average Bonchev–Trinajstić information content (AvgIpc) is 4.15. The number of hydrogen-bond donors (Lipinski definition) is 2. The van der Waals surface area contributed by atoms with Crippen LogP contribution in [0.1, 0.15) is 98.5 Å². The molecule has 6 unspecified atom stereocenters. The number of methoxy groups -OCH3 is 1. The Bertz CT molecular complexity index is 2170. The zero-order valence-corrected chi connectivity index (χ0v) is 36.2. The molecule has 3 aromatic rings. The monoisotopic (exact) mass is 865 g/mol. The number of benzene rings is 3. The number of carbonyl (C=O) groups is 2. The van der Waals surface area contributed by atoms with Crippen molar-refractivity contribution in [1.29, 1.82) is 0 Å². The van der Waals surface area contributed by atoms with Crippen LogP contribution in [0, 0.1) is 33.8 Å². The molecular weight excluding hydrogens is 807 g/mol. The molecule has 7 rings (SSSR count). The highest BCUT2D eigenvalue weighted by Gasteiger charge is 2.65. The molecule has 1 heterocycles. The smallest absolute Gasteiger partial charge is 0.269 e. The number of amides is 1. The summed E-state index contributed by atoms with van der Waals surface area (Å²) in [5.74, 6) is -0.102.